The predicted octanol–water partition coefficient (Wildman–Crippen LogP) is 5.14. The molecular formula is C31H39N3O4S. The molecule has 0 unspecified atom stereocenters. The van der Waals surface area contributed by atoms with E-state index in [0.29, 0.717) is 18.7 Å². The number of carbonyl (C=O) groups excluding carboxylic acids is 2. The summed E-state index contributed by atoms with van der Waals surface area (Å²) in [7, 11) is -4.09. The molecule has 3 aromatic rings. The maximum atomic E-state index is 14.1. The van der Waals surface area contributed by atoms with Gasteiger partial charge in [0.2, 0.25) is 11.8 Å². The molecule has 7 nitrogen and oxygen atoms in total. The van der Waals surface area contributed by atoms with Crippen LogP contribution in [0.2, 0.25) is 0 Å². The molecule has 0 saturated heterocycles. The zero-order chi connectivity index (χ0) is 28.6. The lowest BCUT2D eigenvalue weighted by atomic mass is 10.1. The van der Waals surface area contributed by atoms with E-state index in [9.17, 15) is 18.0 Å². The minimum Gasteiger partial charge on any atom is -0.354 e. The van der Waals surface area contributed by atoms with Gasteiger partial charge < -0.3 is 10.2 Å². The lowest BCUT2D eigenvalue weighted by Crippen LogP contribution is -2.52. The van der Waals surface area contributed by atoms with Crippen LogP contribution in [0.3, 0.4) is 0 Å². The molecule has 2 amide bonds. The molecule has 0 bridgehead atoms. The Labute approximate surface area is 232 Å². The summed E-state index contributed by atoms with van der Waals surface area (Å²) in [4.78, 5) is 28.8. The van der Waals surface area contributed by atoms with Crippen LogP contribution in [0, 0.1) is 20.8 Å². The van der Waals surface area contributed by atoms with Crippen molar-refractivity contribution in [3.05, 3.63) is 95.1 Å². The van der Waals surface area contributed by atoms with Crippen molar-refractivity contribution in [1.82, 2.24) is 10.2 Å². The van der Waals surface area contributed by atoms with Gasteiger partial charge in [0.05, 0.1) is 10.6 Å². The molecule has 39 heavy (non-hydrogen) atoms. The van der Waals surface area contributed by atoms with Gasteiger partial charge in [-0.2, -0.15) is 0 Å². The summed E-state index contributed by atoms with van der Waals surface area (Å²) in [6.45, 7) is 9.70. The van der Waals surface area contributed by atoms with Gasteiger partial charge in [0.1, 0.15) is 12.6 Å². The second kappa shape index (κ2) is 13.4. The number of benzene rings is 3. The Kier molecular flexibility index (Phi) is 10.3. The molecule has 0 saturated carbocycles. The van der Waals surface area contributed by atoms with E-state index in [2.05, 4.69) is 5.32 Å². The highest BCUT2D eigenvalue weighted by Crippen LogP contribution is 2.29. The number of anilines is 1. The van der Waals surface area contributed by atoms with Crippen molar-refractivity contribution in [2.45, 2.75) is 64.9 Å². The third-order valence-corrected chi connectivity index (χ3v) is 8.64. The van der Waals surface area contributed by atoms with E-state index >= 15 is 0 Å². The minimum atomic E-state index is -4.09. The number of aryl methyl sites for hydroxylation is 2. The van der Waals surface area contributed by atoms with E-state index in [-0.39, 0.29) is 17.3 Å². The van der Waals surface area contributed by atoms with Gasteiger partial charge in [0, 0.05) is 13.1 Å². The Morgan fingerprint density at radius 1 is 0.872 bits per heavy atom. The van der Waals surface area contributed by atoms with Crippen LogP contribution >= 0.6 is 0 Å². The summed E-state index contributed by atoms with van der Waals surface area (Å²) in [6, 6.07) is 20.7. The van der Waals surface area contributed by atoms with Gasteiger partial charge in [-0.25, -0.2) is 8.42 Å². The molecule has 0 aliphatic heterocycles. The van der Waals surface area contributed by atoms with Crippen molar-refractivity contribution in [2.75, 3.05) is 17.4 Å². The lowest BCUT2D eigenvalue weighted by Gasteiger charge is -2.33. The van der Waals surface area contributed by atoms with E-state index in [1.807, 2.05) is 71.0 Å². The van der Waals surface area contributed by atoms with Crippen molar-refractivity contribution in [1.29, 1.82) is 0 Å². The molecule has 1 atom stereocenters. The third-order valence-electron chi connectivity index (χ3n) is 6.86. The predicted molar refractivity (Wildman–Crippen MR) is 156 cm³/mol. The molecular weight excluding hydrogens is 510 g/mol. The number of nitrogens with one attached hydrogen (secondary N) is 1. The third kappa shape index (κ3) is 7.26. The lowest BCUT2D eigenvalue weighted by molar-refractivity contribution is -0.140. The average molecular weight is 550 g/mol. The van der Waals surface area contributed by atoms with Gasteiger partial charge in [-0.1, -0.05) is 74.0 Å². The van der Waals surface area contributed by atoms with Crippen LogP contribution in [-0.2, 0) is 26.2 Å². The first-order valence-electron chi connectivity index (χ1n) is 13.4. The number of hydrogen-bond donors (Lipinski definition) is 1. The molecule has 0 aliphatic carbocycles. The summed E-state index contributed by atoms with van der Waals surface area (Å²) < 4.78 is 29.2. The number of rotatable bonds is 12. The number of nitrogens with zero attached hydrogens (tertiary/aromatic N) is 2. The first-order valence-corrected chi connectivity index (χ1v) is 14.8. The molecule has 0 radical (unpaired) electrons. The largest absolute Gasteiger partial charge is 0.354 e. The van der Waals surface area contributed by atoms with Gasteiger partial charge >= 0.3 is 0 Å². The monoisotopic (exact) mass is 549 g/mol. The van der Waals surface area contributed by atoms with Gasteiger partial charge in [-0.15, -0.1) is 0 Å². The quantitative estimate of drug-likeness (QED) is 0.339. The van der Waals surface area contributed by atoms with Crippen LogP contribution in [0.4, 0.5) is 5.69 Å². The zero-order valence-electron chi connectivity index (χ0n) is 23.5. The molecule has 208 valence electrons. The van der Waals surface area contributed by atoms with Gasteiger partial charge in [-0.3, -0.25) is 13.9 Å². The van der Waals surface area contributed by atoms with Crippen molar-refractivity contribution >= 4 is 27.5 Å². The average Bonchev–Trinajstić information content (AvgIpc) is 2.92. The highest BCUT2D eigenvalue weighted by molar-refractivity contribution is 7.92. The molecule has 0 fully saturated rings. The topological polar surface area (TPSA) is 86.8 Å². The van der Waals surface area contributed by atoms with Crippen LogP contribution < -0.4 is 9.62 Å². The van der Waals surface area contributed by atoms with Gasteiger partial charge in [-0.05, 0) is 68.5 Å². The van der Waals surface area contributed by atoms with Crippen molar-refractivity contribution in [3.63, 3.8) is 0 Å². The fourth-order valence-electron chi connectivity index (χ4n) is 4.42. The fraction of sp³-hybridized carbons (Fsp3) is 0.355. The summed E-state index contributed by atoms with van der Waals surface area (Å²) in [5, 5.41) is 2.90. The van der Waals surface area contributed by atoms with Crippen LogP contribution in [-0.4, -0.2) is 44.3 Å². The fourth-order valence-corrected chi connectivity index (χ4v) is 5.89. The summed E-state index contributed by atoms with van der Waals surface area (Å²) in [5.41, 5.74) is 3.90. The Bertz CT molecular complexity index is 1370. The van der Waals surface area contributed by atoms with Gasteiger partial charge in [0.15, 0.2) is 0 Å². The van der Waals surface area contributed by atoms with Crippen molar-refractivity contribution in [2.24, 2.45) is 0 Å². The van der Waals surface area contributed by atoms with Crippen LogP contribution in [0.15, 0.2) is 77.7 Å². The molecule has 0 aliphatic rings. The molecule has 0 heterocycles. The SMILES string of the molecule is CCCNC(=O)[C@H](CC)N(Cc1ccccc1)C(=O)CN(c1cccc(C)c1C)S(=O)(=O)c1ccc(C)cc1. The van der Waals surface area contributed by atoms with E-state index in [0.717, 1.165) is 28.7 Å². The normalized spacial score (nSPS) is 12.0. The molecule has 3 rings (SSSR count). The van der Waals surface area contributed by atoms with E-state index in [1.54, 1.807) is 36.4 Å². The van der Waals surface area contributed by atoms with E-state index < -0.39 is 28.5 Å². The minimum absolute atomic E-state index is 0.101. The molecule has 0 spiro atoms. The molecule has 1 N–H and O–H groups in total. The standard InChI is InChI=1S/C31H39N3O4S/c1-6-20-32-31(36)28(7-2)33(21-26-13-9-8-10-14-26)30(35)22-34(29-15-11-12-24(4)25(29)5)39(37,38)27-18-16-23(3)17-19-27/h8-19,28H,6-7,20-22H2,1-5H3,(H,32,36)/t28-/m0/s1. The number of amides is 2. The van der Waals surface area contributed by atoms with Crippen LogP contribution in [0.1, 0.15) is 48.9 Å². The highest BCUT2D eigenvalue weighted by atomic mass is 32.2. The first kappa shape index (κ1) is 29.9. The van der Waals surface area contributed by atoms with Gasteiger partial charge in [0.25, 0.3) is 10.0 Å². The molecule has 0 aromatic heterocycles. The Hall–Kier alpha value is -3.65. The summed E-state index contributed by atoms with van der Waals surface area (Å²) in [6.07, 6.45) is 1.16. The Balaban J connectivity index is 2.08. The maximum Gasteiger partial charge on any atom is 0.264 e. The first-order chi connectivity index (χ1) is 18.6. The smallest absolute Gasteiger partial charge is 0.264 e. The Morgan fingerprint density at radius 3 is 2.15 bits per heavy atom. The van der Waals surface area contributed by atoms with Crippen molar-refractivity contribution in [3.8, 4) is 0 Å². The van der Waals surface area contributed by atoms with E-state index in [4.69, 9.17) is 0 Å². The summed E-state index contributed by atoms with van der Waals surface area (Å²) in [5.74, 6) is -0.697. The second-order valence-corrected chi connectivity index (χ2v) is 11.6. The van der Waals surface area contributed by atoms with Crippen LogP contribution in [0.25, 0.3) is 0 Å². The second-order valence-electron chi connectivity index (χ2n) is 9.77. The van der Waals surface area contributed by atoms with Crippen LogP contribution in [0.5, 0.6) is 0 Å². The zero-order valence-corrected chi connectivity index (χ0v) is 24.3. The van der Waals surface area contributed by atoms with Crippen molar-refractivity contribution < 1.29 is 18.0 Å². The Morgan fingerprint density at radius 2 is 1.54 bits per heavy atom. The maximum absolute atomic E-state index is 14.1. The molecule has 8 heteroatoms. The highest BCUT2D eigenvalue weighted by Gasteiger charge is 2.34. The summed E-state index contributed by atoms with van der Waals surface area (Å²) >= 11 is 0. The van der Waals surface area contributed by atoms with E-state index in [1.165, 1.54) is 9.21 Å². The number of sulfonamides is 1. The number of carbonyl (C=O) groups is 2. The number of hydrogen-bond acceptors (Lipinski definition) is 4. The molecule has 3 aromatic carbocycles.